The van der Waals surface area contributed by atoms with Crippen LogP contribution in [0, 0.1) is 23.3 Å². The predicted octanol–water partition coefficient (Wildman–Crippen LogP) is 12.0. The molecule has 0 aromatic heterocycles. The van der Waals surface area contributed by atoms with Gasteiger partial charge in [0.25, 0.3) is 0 Å². The van der Waals surface area contributed by atoms with Crippen molar-refractivity contribution in [3.8, 4) is 0 Å². The molecule has 11 heteroatoms. The van der Waals surface area contributed by atoms with Crippen molar-refractivity contribution in [2.24, 2.45) is 9.98 Å². The molecule has 2 N–H and O–H groups in total. The van der Waals surface area contributed by atoms with Crippen LogP contribution in [0.15, 0.2) is 165 Å². The molecule has 6 aromatic rings. The predicted molar refractivity (Wildman–Crippen MR) is 252 cm³/mol. The van der Waals surface area contributed by atoms with Gasteiger partial charge in [0, 0.05) is 60.4 Å². The topological polar surface area (TPSA) is 55.3 Å². The minimum Gasteiger partial charge on any atom is -0.370 e. The molecule has 0 unspecified atom stereocenters. The summed E-state index contributed by atoms with van der Waals surface area (Å²) in [5.41, 5.74) is 5.95. The number of hydrogen-bond donors (Lipinski definition) is 2. The van der Waals surface area contributed by atoms with Gasteiger partial charge in [-0.1, -0.05) is 49.9 Å². The van der Waals surface area contributed by atoms with Crippen LogP contribution < -0.4 is 20.4 Å². The van der Waals surface area contributed by atoms with Gasteiger partial charge in [0.2, 0.25) is 0 Å². The molecular weight excluding hydrogens is 793 g/mol. The maximum absolute atomic E-state index is 13.0. The van der Waals surface area contributed by atoms with Crippen LogP contribution in [0.3, 0.4) is 0 Å². The molecule has 0 aliphatic heterocycles. The zero-order valence-electron chi connectivity index (χ0n) is 35.6. The third-order valence-electron chi connectivity index (χ3n) is 9.09. The van der Waals surface area contributed by atoms with Gasteiger partial charge in [0.1, 0.15) is 23.3 Å². The third kappa shape index (κ3) is 19.0. The molecule has 0 aliphatic carbocycles. The van der Waals surface area contributed by atoms with Gasteiger partial charge in [-0.3, -0.25) is 9.98 Å². The summed E-state index contributed by atoms with van der Waals surface area (Å²) in [4.78, 5) is 14.5. The molecule has 61 heavy (non-hydrogen) atoms. The molecule has 0 radical (unpaired) electrons. The molecule has 322 valence electrons. The molecule has 0 atom stereocenters. The van der Waals surface area contributed by atoms with Gasteiger partial charge in [-0.15, -0.1) is 0 Å². The van der Waals surface area contributed by atoms with Crippen molar-refractivity contribution in [3.05, 3.63) is 180 Å². The van der Waals surface area contributed by atoms with Crippen LogP contribution in [-0.4, -0.2) is 66.8 Å². The Morgan fingerprint density at radius 2 is 0.738 bits per heavy atom. The van der Waals surface area contributed by atoms with Gasteiger partial charge < -0.3 is 20.4 Å². The lowest BCUT2D eigenvalue weighted by Crippen LogP contribution is -2.32. The van der Waals surface area contributed by atoms with Crippen molar-refractivity contribution in [1.29, 1.82) is 0 Å². The van der Waals surface area contributed by atoms with Crippen molar-refractivity contribution in [2.45, 2.75) is 36.5 Å². The Labute approximate surface area is 364 Å². The number of halogens is 4. The lowest BCUT2D eigenvalue weighted by Gasteiger charge is -2.25. The summed E-state index contributed by atoms with van der Waals surface area (Å²) in [6.07, 6.45) is 1.64. The molecule has 0 aliphatic rings. The Hall–Kier alpha value is -5.75. The van der Waals surface area contributed by atoms with E-state index in [1.54, 1.807) is 60.3 Å². The Bertz CT molecular complexity index is 1930. The van der Waals surface area contributed by atoms with Gasteiger partial charge in [0.15, 0.2) is 0 Å². The number of nitrogens with zero attached hydrogens (tertiary/aromatic N) is 4. The van der Waals surface area contributed by atoms with E-state index in [-0.39, 0.29) is 23.3 Å². The van der Waals surface area contributed by atoms with Gasteiger partial charge in [-0.2, -0.15) is 0 Å². The third-order valence-corrected chi connectivity index (χ3v) is 10.1. The van der Waals surface area contributed by atoms with E-state index in [0.29, 0.717) is 0 Å². The van der Waals surface area contributed by atoms with E-state index in [1.807, 2.05) is 76.5 Å². The molecule has 0 fully saturated rings. The number of nitrogens with one attached hydrogen (secondary N) is 2. The van der Waals surface area contributed by atoms with Crippen molar-refractivity contribution in [1.82, 2.24) is 10.6 Å². The van der Waals surface area contributed by atoms with E-state index in [4.69, 9.17) is 0 Å². The van der Waals surface area contributed by atoms with Crippen LogP contribution in [0.5, 0.6) is 0 Å². The summed E-state index contributed by atoms with van der Waals surface area (Å²) >= 11 is 1.70. The number of hydrogen-bond acceptors (Lipinski definition) is 7. The van der Waals surface area contributed by atoms with E-state index in [0.717, 1.165) is 86.0 Å². The van der Waals surface area contributed by atoms with Crippen LogP contribution >= 0.6 is 11.8 Å². The highest BCUT2D eigenvalue weighted by atomic mass is 32.2. The molecule has 0 heterocycles. The quantitative estimate of drug-likeness (QED) is 0.0666. The second kappa shape index (κ2) is 28.7. The van der Waals surface area contributed by atoms with Crippen molar-refractivity contribution >= 4 is 47.9 Å². The molecule has 0 spiro atoms. The van der Waals surface area contributed by atoms with Crippen LogP contribution in [-0.2, 0) is 12.8 Å². The largest absolute Gasteiger partial charge is 0.370 e. The fraction of sp³-hybridized carbons (Fsp3) is 0.240. The highest BCUT2D eigenvalue weighted by molar-refractivity contribution is 7.99. The van der Waals surface area contributed by atoms with Crippen LogP contribution in [0.25, 0.3) is 0 Å². The fourth-order valence-electron chi connectivity index (χ4n) is 5.74. The van der Waals surface area contributed by atoms with E-state index in [9.17, 15) is 17.6 Å². The van der Waals surface area contributed by atoms with Crippen LogP contribution in [0.2, 0.25) is 0 Å². The maximum atomic E-state index is 13.0. The molecule has 6 nitrogen and oxygen atoms in total. The van der Waals surface area contributed by atoms with Gasteiger partial charge in [0.05, 0.1) is 11.4 Å². The lowest BCUT2D eigenvalue weighted by molar-refractivity contribution is 0.625. The number of anilines is 2. The Balaban J connectivity index is 0.000000240. The summed E-state index contributed by atoms with van der Waals surface area (Å²) in [5.74, 6) is -0.898. The SMILES string of the molecule is C=Nc1ccc(Sc2ccc(N=C)cc2)cc1.CC.CNCCN(CCc1ccc(F)cc1)c1ccc(F)cc1.CNCCN(CCc1ccc(F)cc1)c1ccc(F)cc1. The van der Waals surface area contributed by atoms with E-state index < -0.39 is 0 Å². The molecule has 0 saturated carbocycles. The van der Waals surface area contributed by atoms with Crippen LogP contribution in [0.1, 0.15) is 25.0 Å². The molecule has 6 aromatic carbocycles. The Kier molecular flexibility index (Phi) is 23.3. The monoisotopic (exact) mass is 850 g/mol. The van der Waals surface area contributed by atoms with Crippen molar-refractivity contribution in [3.63, 3.8) is 0 Å². The average molecular weight is 851 g/mol. The number of benzene rings is 6. The Morgan fingerprint density at radius 1 is 0.443 bits per heavy atom. The summed E-state index contributed by atoms with van der Waals surface area (Å²) in [6.45, 7) is 16.0. The van der Waals surface area contributed by atoms with Gasteiger partial charge >= 0.3 is 0 Å². The first-order valence-electron chi connectivity index (χ1n) is 20.3. The fourth-order valence-corrected chi connectivity index (χ4v) is 6.56. The first-order valence-corrected chi connectivity index (χ1v) is 21.1. The van der Waals surface area contributed by atoms with Crippen LogP contribution in [0.4, 0.5) is 40.3 Å². The molecule has 6 rings (SSSR count). The molecule has 0 saturated heterocycles. The zero-order valence-corrected chi connectivity index (χ0v) is 36.5. The number of rotatable bonds is 18. The van der Waals surface area contributed by atoms with Gasteiger partial charge in [-0.25, -0.2) is 17.6 Å². The van der Waals surface area contributed by atoms with Crippen molar-refractivity contribution < 1.29 is 17.6 Å². The van der Waals surface area contributed by atoms with Crippen molar-refractivity contribution in [2.75, 3.05) is 63.2 Å². The van der Waals surface area contributed by atoms with E-state index in [1.165, 1.54) is 58.3 Å². The smallest absolute Gasteiger partial charge is 0.123 e. The number of likely N-dealkylation sites (N-methyl/N-ethyl adjacent to an activating group) is 2. The highest BCUT2D eigenvalue weighted by Crippen LogP contribution is 2.30. The number of aliphatic imine (C=N–C) groups is 2. The summed E-state index contributed by atoms with van der Waals surface area (Å²) in [6, 6.07) is 42.1. The molecular formula is C50H58F4N6S. The van der Waals surface area contributed by atoms with E-state index in [2.05, 4.69) is 43.9 Å². The minimum absolute atomic E-state index is 0.218. The summed E-state index contributed by atoms with van der Waals surface area (Å²) < 4.78 is 51.9. The zero-order chi connectivity index (χ0) is 44.2. The lowest BCUT2D eigenvalue weighted by atomic mass is 10.1. The van der Waals surface area contributed by atoms with Gasteiger partial charge in [-0.05, 0) is 173 Å². The summed E-state index contributed by atoms with van der Waals surface area (Å²) in [7, 11) is 3.81. The second-order valence-electron chi connectivity index (χ2n) is 13.3. The van der Waals surface area contributed by atoms with E-state index >= 15 is 0 Å². The normalized spacial score (nSPS) is 10.2. The molecule has 0 amide bonds. The maximum Gasteiger partial charge on any atom is 0.123 e. The first kappa shape index (κ1) is 49.6. The molecule has 0 bridgehead atoms. The summed E-state index contributed by atoms with van der Waals surface area (Å²) in [5, 5.41) is 6.24. The Morgan fingerprint density at radius 3 is 1.02 bits per heavy atom. The first-order chi connectivity index (χ1) is 29.7. The highest BCUT2D eigenvalue weighted by Gasteiger charge is 2.08. The average Bonchev–Trinajstić information content (AvgIpc) is 3.30. The standard InChI is InChI=1S/2C17H20F2N2.C14H12N2S.C2H6/c2*1-20-11-13-21(17-8-6-16(19)7-9-17)12-10-14-2-4-15(18)5-3-14;1-15-11-3-7-13(8-4-11)17-14-9-5-12(16-2)6-10-14;1-2/h2*2-9,20H,10-13H2,1H3;3-10H,1-2H2;1-2H3. The second-order valence-corrected chi connectivity index (χ2v) is 14.4. The minimum atomic E-state index is -0.231.